The monoisotopic (exact) mass is 277 g/mol. The van der Waals surface area contributed by atoms with E-state index in [0.29, 0.717) is 11.8 Å². The van der Waals surface area contributed by atoms with Gasteiger partial charge < -0.3 is 10.1 Å². The lowest BCUT2D eigenvalue weighted by atomic mass is 9.93. The molecule has 0 amide bonds. The predicted octanol–water partition coefficient (Wildman–Crippen LogP) is 4.42. The van der Waals surface area contributed by atoms with Crippen molar-refractivity contribution < 1.29 is 4.74 Å². The summed E-state index contributed by atoms with van der Waals surface area (Å²) in [6.07, 6.45) is 2.67. The van der Waals surface area contributed by atoms with E-state index in [4.69, 9.17) is 4.74 Å². The van der Waals surface area contributed by atoms with Gasteiger partial charge in [0.1, 0.15) is 0 Å². The Kier molecular flexibility index (Phi) is 7.86. The van der Waals surface area contributed by atoms with Crippen molar-refractivity contribution >= 4 is 0 Å². The highest BCUT2D eigenvalue weighted by Gasteiger charge is 2.25. The van der Waals surface area contributed by atoms with E-state index in [1.807, 2.05) is 7.05 Å². The van der Waals surface area contributed by atoms with Gasteiger partial charge in [-0.1, -0.05) is 64.4 Å². The molecular weight excluding hydrogens is 246 g/mol. The lowest BCUT2D eigenvalue weighted by Crippen LogP contribution is -2.36. The van der Waals surface area contributed by atoms with E-state index < -0.39 is 0 Å². The van der Waals surface area contributed by atoms with Gasteiger partial charge >= 0.3 is 0 Å². The van der Waals surface area contributed by atoms with E-state index in [9.17, 15) is 0 Å². The van der Waals surface area contributed by atoms with Crippen LogP contribution in [0, 0.1) is 11.8 Å². The average molecular weight is 277 g/mol. The Morgan fingerprint density at radius 3 is 2.25 bits per heavy atom. The Morgan fingerprint density at radius 1 is 1.10 bits per heavy atom. The molecule has 0 heterocycles. The zero-order valence-electron chi connectivity index (χ0n) is 13.7. The number of ether oxygens (including phenoxy) is 1. The van der Waals surface area contributed by atoms with Gasteiger partial charge in [-0.3, -0.25) is 0 Å². The Labute approximate surface area is 124 Å². The van der Waals surface area contributed by atoms with E-state index in [1.54, 1.807) is 0 Å². The molecule has 0 aliphatic heterocycles. The summed E-state index contributed by atoms with van der Waals surface area (Å²) in [5, 5.41) is 3.43. The first-order valence-corrected chi connectivity index (χ1v) is 7.93. The first-order chi connectivity index (χ1) is 9.60. The first-order valence-electron chi connectivity index (χ1n) is 7.93. The molecule has 2 nitrogen and oxygen atoms in total. The van der Waals surface area contributed by atoms with E-state index >= 15 is 0 Å². The van der Waals surface area contributed by atoms with Gasteiger partial charge in [-0.25, -0.2) is 0 Å². The molecule has 20 heavy (non-hydrogen) atoms. The number of benzene rings is 1. The molecule has 0 saturated carbocycles. The van der Waals surface area contributed by atoms with Crippen molar-refractivity contribution in [3.63, 3.8) is 0 Å². The van der Waals surface area contributed by atoms with Gasteiger partial charge in [0.2, 0.25) is 0 Å². The van der Waals surface area contributed by atoms with Crippen LogP contribution in [0.15, 0.2) is 30.3 Å². The highest BCUT2D eigenvalue weighted by Crippen LogP contribution is 2.25. The SMILES string of the molecule is CCCC(C)COC(C(C)C)C(NC)c1ccccc1. The summed E-state index contributed by atoms with van der Waals surface area (Å²) < 4.78 is 6.26. The van der Waals surface area contributed by atoms with Crippen molar-refractivity contribution in [3.05, 3.63) is 35.9 Å². The molecule has 0 aliphatic rings. The Morgan fingerprint density at radius 2 is 1.75 bits per heavy atom. The molecule has 2 heteroatoms. The summed E-state index contributed by atoms with van der Waals surface area (Å²) in [6.45, 7) is 9.83. The van der Waals surface area contributed by atoms with Crippen molar-refractivity contribution in [3.8, 4) is 0 Å². The average Bonchev–Trinajstić information content (AvgIpc) is 2.44. The van der Waals surface area contributed by atoms with Gasteiger partial charge in [-0.15, -0.1) is 0 Å². The third-order valence-corrected chi connectivity index (χ3v) is 3.81. The third-order valence-electron chi connectivity index (χ3n) is 3.81. The lowest BCUT2D eigenvalue weighted by Gasteiger charge is -2.31. The molecule has 1 N–H and O–H groups in total. The van der Waals surface area contributed by atoms with Gasteiger partial charge in [0.05, 0.1) is 12.1 Å². The molecule has 0 saturated heterocycles. The lowest BCUT2D eigenvalue weighted by molar-refractivity contribution is -0.0187. The van der Waals surface area contributed by atoms with Gasteiger partial charge in [0.25, 0.3) is 0 Å². The highest BCUT2D eigenvalue weighted by molar-refractivity contribution is 5.20. The van der Waals surface area contributed by atoms with Gasteiger partial charge in [-0.05, 0) is 30.9 Å². The van der Waals surface area contributed by atoms with E-state index in [-0.39, 0.29) is 12.1 Å². The Bertz CT molecular complexity index is 350. The second-order valence-corrected chi connectivity index (χ2v) is 6.11. The zero-order valence-corrected chi connectivity index (χ0v) is 13.7. The maximum Gasteiger partial charge on any atom is 0.0792 e. The number of hydrogen-bond donors (Lipinski definition) is 1. The molecule has 114 valence electrons. The summed E-state index contributed by atoms with van der Waals surface area (Å²) in [6, 6.07) is 10.9. The molecule has 0 spiro atoms. The number of rotatable bonds is 9. The van der Waals surface area contributed by atoms with Gasteiger partial charge in [0.15, 0.2) is 0 Å². The molecule has 3 atom stereocenters. The molecule has 1 rings (SSSR count). The fraction of sp³-hybridized carbons (Fsp3) is 0.667. The molecule has 1 aromatic carbocycles. The third kappa shape index (κ3) is 5.26. The maximum absolute atomic E-state index is 6.26. The topological polar surface area (TPSA) is 21.3 Å². The van der Waals surface area contributed by atoms with Gasteiger partial charge in [-0.2, -0.15) is 0 Å². The van der Waals surface area contributed by atoms with Crippen LogP contribution in [-0.4, -0.2) is 19.8 Å². The summed E-state index contributed by atoms with van der Waals surface area (Å²) >= 11 is 0. The van der Waals surface area contributed by atoms with Crippen molar-refractivity contribution in [2.24, 2.45) is 11.8 Å². The second-order valence-electron chi connectivity index (χ2n) is 6.11. The summed E-state index contributed by atoms with van der Waals surface area (Å²) in [5.74, 6) is 1.12. The molecule has 0 fully saturated rings. The minimum absolute atomic E-state index is 0.210. The largest absolute Gasteiger partial charge is 0.376 e. The summed E-state index contributed by atoms with van der Waals surface area (Å²) in [4.78, 5) is 0. The molecule has 0 radical (unpaired) electrons. The van der Waals surface area contributed by atoms with Crippen LogP contribution in [0.5, 0.6) is 0 Å². The summed E-state index contributed by atoms with van der Waals surface area (Å²) in [7, 11) is 2.02. The smallest absolute Gasteiger partial charge is 0.0792 e. The predicted molar refractivity (Wildman–Crippen MR) is 86.9 cm³/mol. The molecule has 1 aromatic rings. The van der Waals surface area contributed by atoms with Crippen LogP contribution in [0.1, 0.15) is 52.1 Å². The fourth-order valence-electron chi connectivity index (χ4n) is 2.71. The van der Waals surface area contributed by atoms with Crippen molar-refractivity contribution in [1.29, 1.82) is 0 Å². The standard InChI is InChI=1S/C18H31NO/c1-6-10-15(4)13-20-18(14(2)3)17(19-5)16-11-8-7-9-12-16/h7-9,11-12,14-15,17-19H,6,10,13H2,1-5H3. The van der Waals surface area contributed by atoms with Crippen LogP contribution >= 0.6 is 0 Å². The van der Waals surface area contributed by atoms with Crippen molar-refractivity contribution in [2.75, 3.05) is 13.7 Å². The van der Waals surface area contributed by atoms with Gasteiger partial charge in [0, 0.05) is 6.61 Å². The van der Waals surface area contributed by atoms with Crippen LogP contribution in [-0.2, 0) is 4.74 Å². The highest BCUT2D eigenvalue weighted by atomic mass is 16.5. The van der Waals surface area contributed by atoms with E-state index in [0.717, 1.165) is 6.61 Å². The zero-order chi connectivity index (χ0) is 15.0. The van der Waals surface area contributed by atoms with Crippen LogP contribution in [0.4, 0.5) is 0 Å². The van der Waals surface area contributed by atoms with Crippen molar-refractivity contribution in [1.82, 2.24) is 5.32 Å². The Balaban J connectivity index is 2.72. The molecule has 0 aromatic heterocycles. The molecular formula is C18H31NO. The molecule has 3 unspecified atom stereocenters. The van der Waals surface area contributed by atoms with E-state index in [1.165, 1.54) is 18.4 Å². The normalized spacial score (nSPS) is 16.1. The fourth-order valence-corrected chi connectivity index (χ4v) is 2.71. The number of nitrogens with one attached hydrogen (secondary N) is 1. The first kappa shape index (κ1) is 17.2. The quantitative estimate of drug-likeness (QED) is 0.721. The number of hydrogen-bond acceptors (Lipinski definition) is 2. The van der Waals surface area contributed by atoms with Crippen LogP contribution in [0.25, 0.3) is 0 Å². The number of likely N-dealkylation sites (N-methyl/N-ethyl adjacent to an activating group) is 1. The minimum atomic E-state index is 0.210. The maximum atomic E-state index is 6.26. The molecule has 0 bridgehead atoms. The van der Waals surface area contributed by atoms with Crippen LogP contribution < -0.4 is 5.32 Å². The van der Waals surface area contributed by atoms with Crippen LogP contribution in [0.3, 0.4) is 0 Å². The summed E-state index contributed by atoms with van der Waals surface area (Å²) in [5.41, 5.74) is 1.30. The van der Waals surface area contributed by atoms with E-state index in [2.05, 4.69) is 63.3 Å². The Hall–Kier alpha value is -0.860. The molecule has 0 aliphatic carbocycles. The second kappa shape index (κ2) is 9.15. The minimum Gasteiger partial charge on any atom is -0.376 e. The van der Waals surface area contributed by atoms with Crippen LogP contribution in [0.2, 0.25) is 0 Å². The van der Waals surface area contributed by atoms with Crippen molar-refractivity contribution in [2.45, 2.75) is 52.7 Å².